The van der Waals surface area contributed by atoms with E-state index >= 15 is 0 Å². The van der Waals surface area contributed by atoms with Gasteiger partial charge in [-0.2, -0.15) is 5.10 Å². The average molecular weight is 306 g/mol. The largest absolute Gasteiger partial charge is 0.299 e. The molecule has 118 valence electrons. The summed E-state index contributed by atoms with van der Waals surface area (Å²) in [5.41, 5.74) is 5.00. The van der Waals surface area contributed by atoms with E-state index in [1.165, 1.54) is 16.7 Å². The molecule has 0 aliphatic carbocycles. The second-order valence-electron chi connectivity index (χ2n) is 6.00. The smallest absolute Gasteiger partial charge is 0.172 e. The first kappa shape index (κ1) is 15.4. The third-order valence-corrected chi connectivity index (χ3v) is 3.80. The number of aromatic amines is 1. The van der Waals surface area contributed by atoms with E-state index in [-0.39, 0.29) is 6.04 Å². The Kier molecular flexibility index (Phi) is 4.53. The normalized spacial score (nSPS) is 12.3. The Balaban J connectivity index is 1.84. The molecule has 23 heavy (non-hydrogen) atoms. The molecule has 0 aliphatic heterocycles. The van der Waals surface area contributed by atoms with Crippen LogP contribution in [0, 0.1) is 20.8 Å². The van der Waals surface area contributed by atoms with Gasteiger partial charge in [-0.05, 0) is 31.9 Å². The summed E-state index contributed by atoms with van der Waals surface area (Å²) in [4.78, 5) is 4.51. The molecule has 1 unspecified atom stereocenters. The number of H-pyrrole nitrogens is 1. The molecule has 4 nitrogen and oxygen atoms in total. The highest BCUT2D eigenvalue weighted by molar-refractivity contribution is 5.29. The summed E-state index contributed by atoms with van der Waals surface area (Å²) in [6.45, 7) is 6.95. The van der Waals surface area contributed by atoms with Crippen LogP contribution in [0.1, 0.15) is 39.9 Å². The molecule has 2 aromatic carbocycles. The van der Waals surface area contributed by atoms with E-state index in [0.29, 0.717) is 0 Å². The van der Waals surface area contributed by atoms with Crippen LogP contribution >= 0.6 is 0 Å². The van der Waals surface area contributed by atoms with Gasteiger partial charge in [0.2, 0.25) is 0 Å². The maximum atomic E-state index is 4.51. The number of aryl methyl sites for hydroxylation is 3. The number of benzene rings is 2. The minimum absolute atomic E-state index is 0.0260. The highest BCUT2D eigenvalue weighted by Gasteiger charge is 2.17. The number of nitrogens with one attached hydrogen (secondary N) is 2. The van der Waals surface area contributed by atoms with Gasteiger partial charge in [-0.3, -0.25) is 10.4 Å². The summed E-state index contributed by atoms with van der Waals surface area (Å²) >= 11 is 0. The van der Waals surface area contributed by atoms with Crippen LogP contribution in [0.2, 0.25) is 0 Å². The Hall–Kier alpha value is -2.46. The maximum Gasteiger partial charge on any atom is 0.172 e. The van der Waals surface area contributed by atoms with Crippen LogP contribution in [0.15, 0.2) is 48.5 Å². The van der Waals surface area contributed by atoms with Crippen molar-refractivity contribution >= 4 is 0 Å². The summed E-state index contributed by atoms with van der Waals surface area (Å²) < 4.78 is 0. The summed E-state index contributed by atoms with van der Waals surface area (Å²) in [6.07, 6.45) is 0. The van der Waals surface area contributed by atoms with Gasteiger partial charge in [-0.25, -0.2) is 4.98 Å². The van der Waals surface area contributed by atoms with Gasteiger partial charge in [0.1, 0.15) is 5.82 Å². The Morgan fingerprint density at radius 1 is 1.00 bits per heavy atom. The minimum Gasteiger partial charge on any atom is -0.299 e. The summed E-state index contributed by atoms with van der Waals surface area (Å²) in [5.74, 6) is 1.60. The molecule has 2 N–H and O–H groups in total. The van der Waals surface area contributed by atoms with Gasteiger partial charge < -0.3 is 0 Å². The maximum absolute atomic E-state index is 4.51. The highest BCUT2D eigenvalue weighted by Crippen LogP contribution is 2.20. The predicted octanol–water partition coefficient (Wildman–Crippen LogP) is 3.61. The first-order chi connectivity index (χ1) is 11.1. The third kappa shape index (κ3) is 3.85. The fraction of sp³-hybridized carbons (Fsp3) is 0.263. The quantitative estimate of drug-likeness (QED) is 0.757. The zero-order chi connectivity index (χ0) is 16.2. The Bertz CT molecular complexity index is 757. The standard InChI is InChI=1S/C19H22N4/c1-13-9-14(2)11-16(10-13)12-20-18(17-7-5-4-6-8-17)19-21-15(3)22-23-19/h4-11,18,20H,12H2,1-3H3,(H,21,22,23). The monoisotopic (exact) mass is 306 g/mol. The molecule has 0 saturated heterocycles. The lowest BCUT2D eigenvalue weighted by molar-refractivity contribution is 0.577. The van der Waals surface area contributed by atoms with Crippen molar-refractivity contribution in [3.05, 3.63) is 82.4 Å². The third-order valence-electron chi connectivity index (χ3n) is 3.80. The zero-order valence-electron chi connectivity index (χ0n) is 13.8. The number of rotatable bonds is 5. The van der Waals surface area contributed by atoms with Crippen molar-refractivity contribution < 1.29 is 0 Å². The molecule has 3 rings (SSSR count). The van der Waals surface area contributed by atoms with Crippen LogP contribution in [0.5, 0.6) is 0 Å². The van der Waals surface area contributed by atoms with Gasteiger partial charge in [-0.15, -0.1) is 0 Å². The molecule has 1 heterocycles. The predicted molar refractivity (Wildman–Crippen MR) is 92.2 cm³/mol. The lowest BCUT2D eigenvalue weighted by Gasteiger charge is -2.17. The van der Waals surface area contributed by atoms with Crippen molar-refractivity contribution in [1.29, 1.82) is 0 Å². The molecule has 0 spiro atoms. The second kappa shape index (κ2) is 6.75. The summed E-state index contributed by atoms with van der Waals surface area (Å²) in [7, 11) is 0. The van der Waals surface area contributed by atoms with Gasteiger partial charge in [0.05, 0.1) is 6.04 Å². The summed E-state index contributed by atoms with van der Waals surface area (Å²) in [6, 6.07) is 16.9. The first-order valence-electron chi connectivity index (χ1n) is 7.86. The number of aromatic nitrogens is 3. The van der Waals surface area contributed by atoms with Gasteiger partial charge in [0, 0.05) is 6.54 Å². The van der Waals surface area contributed by atoms with E-state index < -0.39 is 0 Å². The SMILES string of the molecule is Cc1cc(C)cc(CNC(c2ccccc2)c2n[nH]c(C)n2)c1. The van der Waals surface area contributed by atoms with Gasteiger partial charge >= 0.3 is 0 Å². The van der Waals surface area contributed by atoms with E-state index in [1.54, 1.807) is 0 Å². The molecule has 0 aliphatic rings. The van der Waals surface area contributed by atoms with Gasteiger partial charge in [-0.1, -0.05) is 59.7 Å². The van der Waals surface area contributed by atoms with Crippen LogP contribution in [-0.4, -0.2) is 15.2 Å². The van der Waals surface area contributed by atoms with Gasteiger partial charge in [0.15, 0.2) is 5.82 Å². The van der Waals surface area contributed by atoms with Crippen LogP contribution < -0.4 is 5.32 Å². The van der Waals surface area contributed by atoms with Crippen LogP contribution in [0.4, 0.5) is 0 Å². The Morgan fingerprint density at radius 3 is 2.30 bits per heavy atom. The molecular weight excluding hydrogens is 284 g/mol. The number of hydrogen-bond donors (Lipinski definition) is 2. The second-order valence-corrected chi connectivity index (χ2v) is 6.00. The van der Waals surface area contributed by atoms with Crippen molar-refractivity contribution in [3.63, 3.8) is 0 Å². The average Bonchev–Trinajstić information content (AvgIpc) is 2.94. The molecule has 1 atom stereocenters. The van der Waals surface area contributed by atoms with E-state index in [1.807, 2.05) is 25.1 Å². The van der Waals surface area contributed by atoms with Crippen molar-refractivity contribution in [2.24, 2.45) is 0 Å². The molecule has 3 aromatic rings. The number of nitrogens with zero attached hydrogens (tertiary/aromatic N) is 2. The fourth-order valence-corrected chi connectivity index (χ4v) is 2.88. The van der Waals surface area contributed by atoms with Gasteiger partial charge in [0.25, 0.3) is 0 Å². The van der Waals surface area contributed by atoms with Crippen molar-refractivity contribution in [1.82, 2.24) is 20.5 Å². The van der Waals surface area contributed by atoms with E-state index in [4.69, 9.17) is 0 Å². The number of hydrogen-bond acceptors (Lipinski definition) is 3. The van der Waals surface area contributed by atoms with E-state index in [0.717, 1.165) is 23.8 Å². The molecule has 0 radical (unpaired) electrons. The van der Waals surface area contributed by atoms with E-state index in [9.17, 15) is 0 Å². The lowest BCUT2D eigenvalue weighted by Crippen LogP contribution is -2.23. The Labute approximate surface area is 137 Å². The molecule has 0 fully saturated rings. The summed E-state index contributed by atoms with van der Waals surface area (Å²) in [5, 5.41) is 10.9. The van der Waals surface area contributed by atoms with Crippen molar-refractivity contribution in [2.45, 2.75) is 33.4 Å². The fourth-order valence-electron chi connectivity index (χ4n) is 2.88. The molecular formula is C19H22N4. The molecule has 4 heteroatoms. The highest BCUT2D eigenvalue weighted by atomic mass is 15.2. The van der Waals surface area contributed by atoms with E-state index in [2.05, 4.69) is 64.7 Å². The van der Waals surface area contributed by atoms with Crippen molar-refractivity contribution in [2.75, 3.05) is 0 Å². The minimum atomic E-state index is -0.0260. The molecule has 0 amide bonds. The zero-order valence-corrected chi connectivity index (χ0v) is 13.8. The molecule has 0 saturated carbocycles. The molecule has 0 bridgehead atoms. The Morgan fingerprint density at radius 2 is 1.70 bits per heavy atom. The molecule has 1 aromatic heterocycles. The van der Waals surface area contributed by atoms with Crippen LogP contribution in [0.3, 0.4) is 0 Å². The first-order valence-corrected chi connectivity index (χ1v) is 7.86. The lowest BCUT2D eigenvalue weighted by atomic mass is 10.0. The topological polar surface area (TPSA) is 53.6 Å². The van der Waals surface area contributed by atoms with Crippen LogP contribution in [0.25, 0.3) is 0 Å². The van der Waals surface area contributed by atoms with Crippen molar-refractivity contribution in [3.8, 4) is 0 Å². The van der Waals surface area contributed by atoms with Crippen LogP contribution in [-0.2, 0) is 6.54 Å².